The highest BCUT2D eigenvalue weighted by Gasteiger charge is 2.15. The van der Waals surface area contributed by atoms with Gasteiger partial charge in [0, 0.05) is 25.2 Å². The summed E-state index contributed by atoms with van der Waals surface area (Å²) in [6.45, 7) is 2.71. The Morgan fingerprint density at radius 3 is 3.33 bits per heavy atom. The Labute approximate surface area is 87.0 Å². The van der Waals surface area contributed by atoms with Crippen LogP contribution < -0.4 is 10.6 Å². The minimum atomic E-state index is -0.226. The first kappa shape index (κ1) is 10.1. The normalized spacial score (nSPS) is 21.2. The van der Waals surface area contributed by atoms with E-state index in [1.807, 2.05) is 0 Å². The number of hydrogen-bond donors (Lipinski definition) is 2. The summed E-state index contributed by atoms with van der Waals surface area (Å²) in [4.78, 5) is 11.4. The number of morpholine rings is 1. The Morgan fingerprint density at radius 2 is 2.67 bits per heavy atom. The van der Waals surface area contributed by atoms with Crippen molar-refractivity contribution in [3.63, 3.8) is 0 Å². The topological polar surface area (TPSA) is 76.4 Å². The zero-order valence-electron chi connectivity index (χ0n) is 8.23. The molecule has 2 N–H and O–H groups in total. The van der Waals surface area contributed by atoms with Gasteiger partial charge < -0.3 is 19.9 Å². The van der Waals surface area contributed by atoms with E-state index in [9.17, 15) is 4.79 Å². The third-order valence-electron chi connectivity index (χ3n) is 2.18. The number of nitrogens with zero attached hydrogens (tertiary/aromatic N) is 1. The van der Waals surface area contributed by atoms with Crippen molar-refractivity contribution in [2.45, 2.75) is 6.04 Å². The van der Waals surface area contributed by atoms with Crippen LogP contribution in [0.1, 0.15) is 10.5 Å². The van der Waals surface area contributed by atoms with Crippen molar-refractivity contribution in [2.24, 2.45) is 0 Å². The van der Waals surface area contributed by atoms with Gasteiger partial charge in [-0.2, -0.15) is 0 Å². The molecule has 1 aliphatic heterocycles. The molecule has 1 aromatic rings. The van der Waals surface area contributed by atoms with Crippen LogP contribution in [-0.2, 0) is 4.74 Å². The van der Waals surface area contributed by atoms with Crippen molar-refractivity contribution in [2.75, 3.05) is 26.3 Å². The summed E-state index contributed by atoms with van der Waals surface area (Å²) in [6.07, 6.45) is 1.37. The maximum atomic E-state index is 11.4. The first-order chi connectivity index (χ1) is 7.36. The standard InChI is InChI=1S/C9H13N3O3/c13-9(8-1-3-15-12-8)11-5-7-6-14-4-2-10-7/h1,3,7,10H,2,4-6H2,(H,11,13). The SMILES string of the molecule is O=C(NCC1COCCN1)c1ccon1. The van der Waals surface area contributed by atoms with E-state index < -0.39 is 0 Å². The van der Waals surface area contributed by atoms with Gasteiger partial charge in [-0.15, -0.1) is 0 Å². The average Bonchev–Trinajstić information content (AvgIpc) is 2.81. The lowest BCUT2D eigenvalue weighted by atomic mass is 10.2. The monoisotopic (exact) mass is 211 g/mol. The van der Waals surface area contributed by atoms with Crippen LogP contribution >= 0.6 is 0 Å². The van der Waals surface area contributed by atoms with Crippen LogP contribution in [0.5, 0.6) is 0 Å². The lowest BCUT2D eigenvalue weighted by Gasteiger charge is -2.23. The maximum Gasteiger partial charge on any atom is 0.273 e. The molecule has 1 unspecified atom stereocenters. The zero-order valence-corrected chi connectivity index (χ0v) is 8.23. The molecule has 1 fully saturated rings. The summed E-state index contributed by atoms with van der Waals surface area (Å²) in [5.74, 6) is -0.226. The molecule has 0 spiro atoms. The summed E-state index contributed by atoms with van der Waals surface area (Å²) in [7, 11) is 0. The van der Waals surface area contributed by atoms with Crippen LogP contribution in [0.15, 0.2) is 16.9 Å². The zero-order chi connectivity index (χ0) is 10.5. The average molecular weight is 211 g/mol. The second-order valence-corrected chi connectivity index (χ2v) is 3.32. The molecule has 0 bridgehead atoms. The molecule has 15 heavy (non-hydrogen) atoms. The molecule has 1 saturated heterocycles. The van der Waals surface area contributed by atoms with Gasteiger partial charge in [0.2, 0.25) is 0 Å². The van der Waals surface area contributed by atoms with Crippen LogP contribution in [0.4, 0.5) is 0 Å². The summed E-state index contributed by atoms with van der Waals surface area (Å²) in [5.41, 5.74) is 0.298. The van der Waals surface area contributed by atoms with E-state index >= 15 is 0 Å². The molecular weight excluding hydrogens is 198 g/mol. The second kappa shape index (κ2) is 4.90. The van der Waals surface area contributed by atoms with Crippen LogP contribution in [-0.4, -0.2) is 43.4 Å². The van der Waals surface area contributed by atoms with Gasteiger partial charge in [0.05, 0.1) is 13.2 Å². The summed E-state index contributed by atoms with van der Waals surface area (Å²) in [6, 6.07) is 1.70. The van der Waals surface area contributed by atoms with Crippen molar-refractivity contribution in [1.82, 2.24) is 15.8 Å². The quantitative estimate of drug-likeness (QED) is 0.697. The van der Waals surface area contributed by atoms with Crippen LogP contribution in [0.25, 0.3) is 0 Å². The second-order valence-electron chi connectivity index (χ2n) is 3.32. The summed E-state index contributed by atoms with van der Waals surface area (Å²) < 4.78 is 9.83. The number of nitrogens with one attached hydrogen (secondary N) is 2. The summed E-state index contributed by atoms with van der Waals surface area (Å²) >= 11 is 0. The van der Waals surface area contributed by atoms with E-state index in [0.717, 1.165) is 13.2 Å². The Morgan fingerprint density at radius 1 is 1.73 bits per heavy atom. The molecule has 6 heteroatoms. The minimum Gasteiger partial charge on any atom is -0.378 e. The number of ether oxygens (including phenoxy) is 1. The van der Waals surface area contributed by atoms with Crippen molar-refractivity contribution >= 4 is 5.91 Å². The maximum absolute atomic E-state index is 11.4. The molecule has 0 saturated carbocycles. The Hall–Kier alpha value is -1.40. The molecule has 6 nitrogen and oxygen atoms in total. The lowest BCUT2D eigenvalue weighted by Crippen LogP contribution is -2.48. The van der Waals surface area contributed by atoms with Crippen molar-refractivity contribution in [1.29, 1.82) is 0 Å². The molecule has 0 aliphatic carbocycles. The number of amides is 1. The molecule has 2 heterocycles. The molecule has 1 amide bonds. The molecular formula is C9H13N3O3. The van der Waals surface area contributed by atoms with E-state index in [1.165, 1.54) is 12.3 Å². The Bertz CT molecular complexity index is 306. The molecule has 0 aromatic carbocycles. The smallest absolute Gasteiger partial charge is 0.273 e. The first-order valence-corrected chi connectivity index (χ1v) is 4.86. The van der Waals surface area contributed by atoms with E-state index in [2.05, 4.69) is 20.3 Å². The molecule has 1 atom stereocenters. The Kier molecular flexibility index (Phi) is 3.31. The van der Waals surface area contributed by atoms with Gasteiger partial charge in [-0.3, -0.25) is 4.79 Å². The third kappa shape index (κ3) is 2.77. The Balaban J connectivity index is 1.75. The van der Waals surface area contributed by atoms with Gasteiger partial charge in [-0.05, 0) is 0 Å². The van der Waals surface area contributed by atoms with E-state index in [-0.39, 0.29) is 11.9 Å². The molecule has 0 radical (unpaired) electrons. The van der Waals surface area contributed by atoms with E-state index in [4.69, 9.17) is 4.74 Å². The molecule has 2 rings (SSSR count). The van der Waals surface area contributed by atoms with Gasteiger partial charge in [0.15, 0.2) is 5.69 Å². The first-order valence-electron chi connectivity index (χ1n) is 4.86. The van der Waals surface area contributed by atoms with Crippen LogP contribution in [0, 0.1) is 0 Å². The fourth-order valence-corrected chi connectivity index (χ4v) is 1.39. The molecule has 1 aromatic heterocycles. The number of carbonyl (C=O) groups is 1. The van der Waals surface area contributed by atoms with Gasteiger partial charge in [0.1, 0.15) is 6.26 Å². The highest BCUT2D eigenvalue weighted by molar-refractivity contribution is 5.91. The molecule has 1 aliphatic rings. The van der Waals surface area contributed by atoms with Crippen molar-refractivity contribution in [3.8, 4) is 0 Å². The highest BCUT2D eigenvalue weighted by atomic mass is 16.5. The lowest BCUT2D eigenvalue weighted by molar-refractivity contribution is 0.0732. The highest BCUT2D eigenvalue weighted by Crippen LogP contribution is 1.95. The predicted molar refractivity (Wildman–Crippen MR) is 51.4 cm³/mol. The third-order valence-corrected chi connectivity index (χ3v) is 2.18. The fraction of sp³-hybridized carbons (Fsp3) is 0.556. The van der Waals surface area contributed by atoms with Gasteiger partial charge >= 0.3 is 0 Å². The van der Waals surface area contributed by atoms with Gasteiger partial charge in [0.25, 0.3) is 5.91 Å². The van der Waals surface area contributed by atoms with E-state index in [1.54, 1.807) is 0 Å². The minimum absolute atomic E-state index is 0.176. The van der Waals surface area contributed by atoms with E-state index in [0.29, 0.717) is 18.8 Å². The van der Waals surface area contributed by atoms with Gasteiger partial charge in [-0.25, -0.2) is 0 Å². The van der Waals surface area contributed by atoms with Crippen LogP contribution in [0.3, 0.4) is 0 Å². The molecule has 82 valence electrons. The predicted octanol–water partition coefficient (Wildman–Crippen LogP) is -0.607. The largest absolute Gasteiger partial charge is 0.378 e. The fourth-order valence-electron chi connectivity index (χ4n) is 1.39. The summed E-state index contributed by atoms with van der Waals surface area (Å²) in [5, 5.41) is 9.53. The van der Waals surface area contributed by atoms with Crippen molar-refractivity contribution in [3.05, 3.63) is 18.0 Å². The van der Waals surface area contributed by atoms with Gasteiger partial charge in [-0.1, -0.05) is 5.16 Å². The number of carbonyl (C=O) groups excluding carboxylic acids is 1. The van der Waals surface area contributed by atoms with Crippen molar-refractivity contribution < 1.29 is 14.1 Å². The number of rotatable bonds is 3. The number of hydrogen-bond acceptors (Lipinski definition) is 5. The van der Waals surface area contributed by atoms with Crippen LogP contribution in [0.2, 0.25) is 0 Å². The number of aromatic nitrogens is 1.